The van der Waals surface area contributed by atoms with E-state index >= 15 is 0 Å². The van der Waals surface area contributed by atoms with Gasteiger partial charge in [0.2, 0.25) is 0 Å². The van der Waals surface area contributed by atoms with Crippen molar-refractivity contribution in [3.63, 3.8) is 0 Å². The number of esters is 1. The van der Waals surface area contributed by atoms with Crippen LogP contribution in [-0.4, -0.2) is 18.6 Å². The first-order valence-corrected chi connectivity index (χ1v) is 3.75. The second-order valence-corrected chi connectivity index (χ2v) is 3.70. The first-order valence-electron chi connectivity index (χ1n) is 3.75. The number of carbonyl (C=O) groups is 1. The summed E-state index contributed by atoms with van der Waals surface area (Å²) in [5.41, 5.74) is 5.36. The average molecular weight is 159 g/mol. The highest BCUT2D eigenvalue weighted by molar-refractivity contribution is 5.66. The maximum Gasteiger partial charge on any atom is 0.302 e. The summed E-state index contributed by atoms with van der Waals surface area (Å²) in [6.45, 7) is 7.76. The Kier molecular flexibility index (Phi) is 3.52. The Morgan fingerprint density at radius 1 is 1.55 bits per heavy atom. The molecule has 0 aromatic rings. The first kappa shape index (κ1) is 10.4. The molecule has 3 nitrogen and oxygen atoms in total. The molecule has 0 rings (SSSR count). The smallest absolute Gasteiger partial charge is 0.302 e. The van der Waals surface area contributed by atoms with Crippen molar-refractivity contribution in [2.24, 2.45) is 11.1 Å². The Bertz CT molecular complexity index is 138. The largest absolute Gasteiger partial charge is 0.461 e. The number of ether oxygens (including phenoxy) is 1. The summed E-state index contributed by atoms with van der Waals surface area (Å²) in [5.74, 6) is -0.268. The van der Waals surface area contributed by atoms with Gasteiger partial charge in [-0.3, -0.25) is 4.79 Å². The normalized spacial score (nSPS) is 14.3. The second-order valence-electron chi connectivity index (χ2n) is 3.70. The van der Waals surface area contributed by atoms with E-state index in [2.05, 4.69) is 0 Å². The van der Waals surface area contributed by atoms with Crippen LogP contribution >= 0.6 is 0 Å². The van der Waals surface area contributed by atoms with Crippen molar-refractivity contribution in [2.45, 2.75) is 33.8 Å². The van der Waals surface area contributed by atoms with Gasteiger partial charge in [0.15, 0.2) is 0 Å². The van der Waals surface area contributed by atoms with Crippen LogP contribution < -0.4 is 5.73 Å². The molecule has 0 amide bonds. The monoisotopic (exact) mass is 159 g/mol. The van der Waals surface area contributed by atoms with E-state index in [9.17, 15) is 4.79 Å². The molecule has 0 aromatic carbocycles. The molecule has 0 spiro atoms. The van der Waals surface area contributed by atoms with Gasteiger partial charge >= 0.3 is 5.97 Å². The lowest BCUT2D eigenvalue weighted by Gasteiger charge is -2.28. The van der Waals surface area contributed by atoms with Crippen LogP contribution in [0.5, 0.6) is 0 Å². The zero-order valence-corrected chi connectivity index (χ0v) is 7.68. The van der Waals surface area contributed by atoms with Crippen molar-refractivity contribution in [3.05, 3.63) is 0 Å². The van der Waals surface area contributed by atoms with E-state index in [1.165, 1.54) is 6.92 Å². The van der Waals surface area contributed by atoms with Crippen LogP contribution in [-0.2, 0) is 9.53 Å². The molecule has 0 aliphatic rings. The molecule has 0 aromatic heterocycles. The molecule has 66 valence electrons. The van der Waals surface area contributed by atoms with Gasteiger partial charge in [-0.25, -0.2) is 0 Å². The molecule has 2 N–H and O–H groups in total. The van der Waals surface area contributed by atoms with Crippen LogP contribution in [0, 0.1) is 5.41 Å². The van der Waals surface area contributed by atoms with E-state index in [0.717, 1.165) is 0 Å². The standard InChI is InChI=1S/C8H17NO2/c1-6(10)11-7(5-9)8(2,3)4/h7H,5,9H2,1-4H3/t7-/m0/s1. The molecule has 0 bridgehead atoms. The Balaban J connectivity index is 4.07. The molecular weight excluding hydrogens is 142 g/mol. The number of hydrogen-bond acceptors (Lipinski definition) is 3. The summed E-state index contributed by atoms with van der Waals surface area (Å²) < 4.78 is 5.00. The fourth-order valence-corrected chi connectivity index (χ4v) is 0.779. The second kappa shape index (κ2) is 3.72. The number of rotatable bonds is 2. The highest BCUT2D eigenvalue weighted by Crippen LogP contribution is 2.21. The molecule has 3 heteroatoms. The fourth-order valence-electron chi connectivity index (χ4n) is 0.779. The van der Waals surface area contributed by atoms with Crippen LogP contribution in [0.4, 0.5) is 0 Å². The predicted molar refractivity (Wildman–Crippen MR) is 44.1 cm³/mol. The van der Waals surface area contributed by atoms with Crippen LogP contribution in [0.2, 0.25) is 0 Å². The zero-order chi connectivity index (χ0) is 9.07. The van der Waals surface area contributed by atoms with Crippen LogP contribution in [0.3, 0.4) is 0 Å². The third kappa shape index (κ3) is 3.98. The number of nitrogens with two attached hydrogens (primary N) is 1. The molecule has 0 heterocycles. The maximum atomic E-state index is 10.6. The van der Waals surface area contributed by atoms with E-state index in [1.54, 1.807) is 0 Å². The number of carbonyl (C=O) groups excluding carboxylic acids is 1. The zero-order valence-electron chi connectivity index (χ0n) is 7.68. The van der Waals surface area contributed by atoms with Gasteiger partial charge in [-0.15, -0.1) is 0 Å². The molecule has 0 fully saturated rings. The minimum Gasteiger partial charge on any atom is -0.461 e. The third-order valence-corrected chi connectivity index (χ3v) is 1.49. The van der Waals surface area contributed by atoms with E-state index < -0.39 is 0 Å². The van der Waals surface area contributed by atoms with E-state index in [-0.39, 0.29) is 17.5 Å². The Hall–Kier alpha value is -0.570. The van der Waals surface area contributed by atoms with Gasteiger partial charge in [0.05, 0.1) is 0 Å². The quantitative estimate of drug-likeness (QED) is 0.610. The van der Waals surface area contributed by atoms with Gasteiger partial charge in [-0.2, -0.15) is 0 Å². The van der Waals surface area contributed by atoms with Crippen molar-refractivity contribution in [1.29, 1.82) is 0 Å². The Labute approximate surface area is 67.9 Å². The predicted octanol–water partition coefficient (Wildman–Crippen LogP) is 0.923. The summed E-state index contributed by atoms with van der Waals surface area (Å²) in [6.07, 6.45) is -0.181. The minimum absolute atomic E-state index is 0.0690. The van der Waals surface area contributed by atoms with Gasteiger partial charge in [0.25, 0.3) is 0 Å². The van der Waals surface area contributed by atoms with Crippen molar-refractivity contribution >= 4 is 5.97 Å². The van der Waals surface area contributed by atoms with E-state index in [1.807, 2.05) is 20.8 Å². The molecular formula is C8H17NO2. The van der Waals surface area contributed by atoms with Gasteiger partial charge in [0.1, 0.15) is 6.10 Å². The summed E-state index contributed by atoms with van der Waals surface area (Å²) in [4.78, 5) is 10.6. The maximum absolute atomic E-state index is 10.6. The number of hydrogen-bond donors (Lipinski definition) is 1. The highest BCUT2D eigenvalue weighted by Gasteiger charge is 2.25. The molecule has 0 saturated carbocycles. The van der Waals surface area contributed by atoms with Gasteiger partial charge in [0, 0.05) is 18.9 Å². The fraction of sp³-hybridized carbons (Fsp3) is 0.875. The lowest BCUT2D eigenvalue weighted by molar-refractivity contribution is -0.151. The van der Waals surface area contributed by atoms with Gasteiger partial charge in [-0.05, 0) is 0 Å². The minimum atomic E-state index is -0.268. The van der Waals surface area contributed by atoms with E-state index in [4.69, 9.17) is 10.5 Å². The summed E-state index contributed by atoms with van der Waals surface area (Å²) >= 11 is 0. The van der Waals surface area contributed by atoms with Crippen LogP contribution in [0.1, 0.15) is 27.7 Å². The Morgan fingerprint density at radius 2 is 2.00 bits per heavy atom. The summed E-state index contributed by atoms with van der Waals surface area (Å²) in [5, 5.41) is 0. The molecule has 0 radical (unpaired) electrons. The first-order chi connectivity index (χ1) is 4.88. The topological polar surface area (TPSA) is 52.3 Å². The molecule has 0 aliphatic heterocycles. The molecule has 0 unspecified atom stereocenters. The SMILES string of the molecule is CC(=O)O[C@@H](CN)C(C)(C)C. The Morgan fingerprint density at radius 3 is 2.09 bits per heavy atom. The van der Waals surface area contributed by atoms with E-state index in [0.29, 0.717) is 6.54 Å². The molecule has 0 aliphatic carbocycles. The summed E-state index contributed by atoms with van der Waals surface area (Å²) in [7, 11) is 0. The molecule has 0 saturated heterocycles. The van der Waals surface area contributed by atoms with Crippen molar-refractivity contribution < 1.29 is 9.53 Å². The van der Waals surface area contributed by atoms with Crippen molar-refractivity contribution in [3.8, 4) is 0 Å². The third-order valence-electron chi connectivity index (χ3n) is 1.49. The van der Waals surface area contributed by atoms with Gasteiger partial charge in [-0.1, -0.05) is 20.8 Å². The molecule has 1 atom stereocenters. The van der Waals surface area contributed by atoms with Crippen LogP contribution in [0.15, 0.2) is 0 Å². The highest BCUT2D eigenvalue weighted by atomic mass is 16.5. The molecule has 11 heavy (non-hydrogen) atoms. The van der Waals surface area contributed by atoms with Gasteiger partial charge < -0.3 is 10.5 Å². The lowest BCUT2D eigenvalue weighted by Crippen LogP contribution is -2.37. The van der Waals surface area contributed by atoms with Crippen LogP contribution in [0.25, 0.3) is 0 Å². The van der Waals surface area contributed by atoms with Crippen molar-refractivity contribution in [1.82, 2.24) is 0 Å². The lowest BCUT2D eigenvalue weighted by atomic mass is 9.89. The van der Waals surface area contributed by atoms with Crippen molar-refractivity contribution in [2.75, 3.05) is 6.54 Å². The average Bonchev–Trinajstić information content (AvgIpc) is 1.79. The summed E-state index contributed by atoms with van der Waals surface area (Å²) in [6, 6.07) is 0.